The van der Waals surface area contributed by atoms with Crippen molar-refractivity contribution in [3.8, 4) is 0 Å². The van der Waals surface area contributed by atoms with Gasteiger partial charge in [0.25, 0.3) is 5.01 Å². The largest absolute Gasteiger partial charge is 0.335 e. The third-order valence-corrected chi connectivity index (χ3v) is 9.58. The number of thiazole rings is 1. The third-order valence-electron chi connectivity index (χ3n) is 6.85. The first-order chi connectivity index (χ1) is 18.3. The van der Waals surface area contributed by atoms with Gasteiger partial charge in [0.1, 0.15) is 11.2 Å². The second-order valence-corrected chi connectivity index (χ2v) is 13.5. The van der Waals surface area contributed by atoms with Crippen LogP contribution in [0.3, 0.4) is 0 Å². The Morgan fingerprint density at radius 2 is 1.74 bits per heavy atom. The number of benzene rings is 2. The van der Waals surface area contributed by atoms with Crippen molar-refractivity contribution in [2.24, 2.45) is 5.41 Å². The predicted octanol–water partition coefficient (Wildman–Crippen LogP) is 10.2. The van der Waals surface area contributed by atoms with Gasteiger partial charge in [-0.15, -0.1) is 0 Å². The molecule has 0 bridgehead atoms. The number of allylic oxidation sites excluding steroid dienone is 8. The van der Waals surface area contributed by atoms with E-state index in [-0.39, 0.29) is 5.41 Å². The summed E-state index contributed by atoms with van der Waals surface area (Å²) in [6.07, 6.45) is 17.9. The Balaban J connectivity index is 1.36. The van der Waals surface area contributed by atoms with Gasteiger partial charge in [-0.05, 0) is 79.7 Å². The SMILES string of the molecule is CCN1C(=CC=CC2=C/C(=C/C=Cc3sc4ccc(Cl)cc4[n+]3CC)CC(C)(C)C2)Sc2ccc(Cl)cc21. The zero-order chi connectivity index (χ0) is 26.9. The average Bonchev–Trinajstić information content (AvgIpc) is 3.39. The van der Waals surface area contributed by atoms with Gasteiger partial charge >= 0.3 is 0 Å². The highest BCUT2D eigenvalue weighted by molar-refractivity contribution is 8.03. The van der Waals surface area contributed by atoms with Gasteiger partial charge in [0, 0.05) is 33.6 Å². The van der Waals surface area contributed by atoms with E-state index in [1.165, 1.54) is 42.0 Å². The molecular weight excluding hydrogens is 547 g/mol. The Bertz CT molecular complexity index is 1520. The first kappa shape index (κ1) is 27.3. The standard InChI is InChI=1S/C32H33Cl2N2S2/c1-5-35-26-18-24(33)13-15-28(26)37-30(35)11-7-9-22-17-23(21-32(3,4)20-22)10-8-12-31-36(6-2)27-19-25(34)14-16-29(27)38-31/h7-19H,5-6,20-21H2,1-4H3/q+1. The summed E-state index contributed by atoms with van der Waals surface area (Å²) in [5.74, 6) is 0. The number of halogens is 2. The van der Waals surface area contributed by atoms with E-state index in [9.17, 15) is 0 Å². The lowest BCUT2D eigenvalue weighted by Gasteiger charge is -2.30. The molecule has 2 aromatic carbocycles. The number of rotatable bonds is 6. The molecule has 196 valence electrons. The van der Waals surface area contributed by atoms with E-state index >= 15 is 0 Å². The molecule has 0 saturated carbocycles. The summed E-state index contributed by atoms with van der Waals surface area (Å²) in [7, 11) is 0. The van der Waals surface area contributed by atoms with E-state index in [1.807, 2.05) is 35.2 Å². The number of hydrogen-bond acceptors (Lipinski definition) is 3. The van der Waals surface area contributed by atoms with Crippen LogP contribution in [-0.2, 0) is 6.54 Å². The second kappa shape index (κ2) is 11.5. The lowest BCUT2D eigenvalue weighted by Crippen LogP contribution is -2.33. The highest BCUT2D eigenvalue weighted by Crippen LogP contribution is 2.47. The predicted molar refractivity (Wildman–Crippen MR) is 168 cm³/mol. The number of aryl methyl sites for hydroxylation is 1. The van der Waals surface area contributed by atoms with Crippen LogP contribution in [0.25, 0.3) is 16.3 Å². The Hall–Kier alpha value is -2.24. The van der Waals surface area contributed by atoms with E-state index in [0.717, 1.165) is 36.0 Å². The fourth-order valence-electron chi connectivity index (χ4n) is 5.28. The van der Waals surface area contributed by atoms with E-state index in [2.05, 4.69) is 104 Å². The van der Waals surface area contributed by atoms with Crippen LogP contribution in [-0.4, -0.2) is 6.54 Å². The monoisotopic (exact) mass is 579 g/mol. The van der Waals surface area contributed by atoms with Crippen LogP contribution >= 0.6 is 46.3 Å². The van der Waals surface area contributed by atoms with Crippen molar-refractivity contribution in [2.45, 2.75) is 52.0 Å². The molecule has 2 aliphatic rings. The number of fused-ring (bicyclic) bond motifs is 2. The molecule has 1 aliphatic heterocycles. The molecule has 2 nitrogen and oxygen atoms in total. The molecular formula is C32H33Cl2N2S2+. The van der Waals surface area contributed by atoms with Gasteiger partial charge in [0.15, 0.2) is 0 Å². The first-order valence-corrected chi connectivity index (χ1v) is 15.5. The molecule has 0 saturated heterocycles. The van der Waals surface area contributed by atoms with Crippen molar-refractivity contribution in [3.63, 3.8) is 0 Å². The Morgan fingerprint density at radius 3 is 2.53 bits per heavy atom. The number of aromatic nitrogens is 1. The van der Waals surface area contributed by atoms with Crippen LogP contribution in [0, 0.1) is 5.41 Å². The molecule has 1 aliphatic carbocycles. The maximum absolute atomic E-state index is 6.26. The first-order valence-electron chi connectivity index (χ1n) is 13.1. The molecule has 3 aromatic rings. The van der Waals surface area contributed by atoms with E-state index < -0.39 is 0 Å². The summed E-state index contributed by atoms with van der Waals surface area (Å²) in [5, 5.41) is 4.04. The molecule has 5 rings (SSSR count). The fraction of sp³-hybridized carbons (Fsp3) is 0.281. The van der Waals surface area contributed by atoms with Gasteiger partial charge in [-0.25, -0.2) is 0 Å². The molecule has 0 fully saturated rings. The zero-order valence-electron chi connectivity index (χ0n) is 22.3. The summed E-state index contributed by atoms with van der Waals surface area (Å²) in [6, 6.07) is 12.3. The third kappa shape index (κ3) is 5.99. The zero-order valence-corrected chi connectivity index (χ0v) is 25.4. The highest BCUT2D eigenvalue weighted by atomic mass is 35.5. The molecule has 2 heterocycles. The maximum Gasteiger partial charge on any atom is 0.262 e. The summed E-state index contributed by atoms with van der Waals surface area (Å²) in [6.45, 7) is 10.9. The van der Waals surface area contributed by atoms with Gasteiger partial charge in [-0.2, -0.15) is 4.57 Å². The smallest absolute Gasteiger partial charge is 0.262 e. The van der Waals surface area contributed by atoms with Gasteiger partial charge in [-0.1, -0.05) is 90.5 Å². The molecule has 0 unspecified atom stereocenters. The van der Waals surface area contributed by atoms with Crippen LogP contribution in [0.1, 0.15) is 45.5 Å². The van der Waals surface area contributed by atoms with E-state index in [0.29, 0.717) is 0 Å². The molecule has 1 aromatic heterocycles. The van der Waals surface area contributed by atoms with Gasteiger partial charge in [-0.3, -0.25) is 0 Å². The molecule has 0 radical (unpaired) electrons. The summed E-state index contributed by atoms with van der Waals surface area (Å²) >= 11 is 16.1. The van der Waals surface area contributed by atoms with E-state index in [4.69, 9.17) is 23.2 Å². The molecule has 0 amide bonds. The normalized spacial score (nSPS) is 19.4. The maximum atomic E-state index is 6.26. The lowest BCUT2D eigenvalue weighted by atomic mass is 9.75. The topological polar surface area (TPSA) is 7.12 Å². The van der Waals surface area contributed by atoms with Crippen molar-refractivity contribution in [3.05, 3.63) is 104 Å². The van der Waals surface area contributed by atoms with Crippen LogP contribution in [0.5, 0.6) is 0 Å². The average molecular weight is 581 g/mol. The number of anilines is 1. The molecule has 0 N–H and O–H groups in total. The molecule has 6 heteroatoms. The van der Waals surface area contributed by atoms with Crippen molar-refractivity contribution in [1.29, 1.82) is 0 Å². The Labute approximate surface area is 244 Å². The minimum absolute atomic E-state index is 0.226. The minimum Gasteiger partial charge on any atom is -0.335 e. The van der Waals surface area contributed by atoms with Crippen molar-refractivity contribution < 1.29 is 4.57 Å². The van der Waals surface area contributed by atoms with Crippen molar-refractivity contribution >= 4 is 68.3 Å². The van der Waals surface area contributed by atoms with E-state index in [1.54, 1.807) is 0 Å². The quantitative estimate of drug-likeness (QED) is 0.268. The summed E-state index contributed by atoms with van der Waals surface area (Å²) < 4.78 is 3.59. The minimum atomic E-state index is 0.226. The van der Waals surface area contributed by atoms with Gasteiger partial charge in [0.05, 0.1) is 10.7 Å². The number of hydrogen-bond donors (Lipinski definition) is 0. The van der Waals surface area contributed by atoms with Crippen LogP contribution in [0.4, 0.5) is 5.69 Å². The van der Waals surface area contributed by atoms with Crippen LogP contribution in [0.2, 0.25) is 10.0 Å². The number of thioether (sulfide) groups is 1. The molecule has 0 atom stereocenters. The molecule has 38 heavy (non-hydrogen) atoms. The fourth-order valence-corrected chi connectivity index (χ4v) is 7.85. The van der Waals surface area contributed by atoms with Gasteiger partial charge < -0.3 is 4.90 Å². The summed E-state index contributed by atoms with van der Waals surface area (Å²) in [4.78, 5) is 3.59. The summed E-state index contributed by atoms with van der Waals surface area (Å²) in [5.41, 5.74) is 5.36. The lowest BCUT2D eigenvalue weighted by molar-refractivity contribution is -0.665. The Kier molecular flexibility index (Phi) is 8.25. The van der Waals surface area contributed by atoms with Crippen molar-refractivity contribution in [1.82, 2.24) is 0 Å². The van der Waals surface area contributed by atoms with Crippen LogP contribution in [0.15, 0.2) is 93.9 Å². The second-order valence-electron chi connectivity index (χ2n) is 10.5. The Morgan fingerprint density at radius 1 is 0.974 bits per heavy atom. The van der Waals surface area contributed by atoms with Gasteiger partial charge in [0.2, 0.25) is 5.52 Å². The van der Waals surface area contributed by atoms with Crippen LogP contribution < -0.4 is 9.47 Å². The number of nitrogens with zero attached hydrogens (tertiary/aromatic N) is 2. The molecule has 0 spiro atoms. The highest BCUT2D eigenvalue weighted by Gasteiger charge is 2.25. The van der Waals surface area contributed by atoms with Crippen molar-refractivity contribution in [2.75, 3.05) is 11.4 Å².